The second kappa shape index (κ2) is 7.23. The Hall–Kier alpha value is -2.40. The molecule has 1 aliphatic heterocycles. The Morgan fingerprint density at radius 2 is 1.88 bits per heavy atom. The Labute approximate surface area is 147 Å². The van der Waals surface area contributed by atoms with Gasteiger partial charge in [-0.3, -0.25) is 9.69 Å². The average Bonchev–Trinajstić information content (AvgIpc) is 2.61. The van der Waals surface area contributed by atoms with Crippen LogP contribution in [0.2, 0.25) is 0 Å². The largest absolute Gasteiger partial charge is 0.371 e. The topological polar surface area (TPSA) is 58.4 Å². The lowest BCUT2D eigenvalue weighted by molar-refractivity contribution is -0.123. The number of nitrogens with zero attached hydrogens (tertiary/aromatic N) is 1. The molecular formula is C20H24FN3O. The van der Waals surface area contributed by atoms with E-state index in [4.69, 9.17) is 5.73 Å². The highest BCUT2D eigenvalue weighted by molar-refractivity contribution is 5.88. The van der Waals surface area contributed by atoms with Gasteiger partial charge in [-0.2, -0.15) is 0 Å². The van der Waals surface area contributed by atoms with Gasteiger partial charge in [-0.15, -0.1) is 0 Å². The van der Waals surface area contributed by atoms with Crippen molar-refractivity contribution in [3.63, 3.8) is 0 Å². The molecule has 0 aromatic heterocycles. The van der Waals surface area contributed by atoms with E-state index in [0.717, 1.165) is 19.6 Å². The van der Waals surface area contributed by atoms with Crippen molar-refractivity contribution in [1.29, 1.82) is 0 Å². The third-order valence-corrected chi connectivity index (χ3v) is 4.99. The van der Waals surface area contributed by atoms with Crippen molar-refractivity contribution >= 4 is 11.6 Å². The van der Waals surface area contributed by atoms with Gasteiger partial charge < -0.3 is 11.1 Å². The van der Waals surface area contributed by atoms with Crippen molar-refractivity contribution in [3.05, 3.63) is 65.5 Å². The lowest BCUT2D eigenvalue weighted by atomic mass is 9.86. The van der Waals surface area contributed by atoms with Gasteiger partial charge in [-0.05, 0) is 43.0 Å². The quantitative estimate of drug-likeness (QED) is 0.879. The summed E-state index contributed by atoms with van der Waals surface area (Å²) in [6, 6.07) is 15.2. The normalized spacial score (nSPS) is 17.2. The molecule has 132 valence electrons. The third kappa shape index (κ3) is 3.99. The summed E-state index contributed by atoms with van der Waals surface area (Å²) in [6.07, 6.45) is 1.20. The summed E-state index contributed by atoms with van der Waals surface area (Å²) in [5.41, 5.74) is 7.31. The number of aryl methyl sites for hydroxylation is 1. The van der Waals surface area contributed by atoms with E-state index in [-0.39, 0.29) is 11.7 Å². The molecule has 4 nitrogen and oxygen atoms in total. The van der Waals surface area contributed by atoms with Gasteiger partial charge in [0.25, 0.3) is 0 Å². The average molecular weight is 341 g/mol. The molecule has 2 aromatic carbocycles. The first-order valence-corrected chi connectivity index (χ1v) is 8.59. The molecule has 0 aliphatic carbocycles. The van der Waals surface area contributed by atoms with Crippen LogP contribution in [0.25, 0.3) is 0 Å². The molecule has 3 N–H and O–H groups in total. The maximum Gasteiger partial charge on any atom is 0.243 e. The number of anilines is 1. The van der Waals surface area contributed by atoms with Crippen LogP contribution in [0.4, 0.5) is 10.1 Å². The summed E-state index contributed by atoms with van der Waals surface area (Å²) in [5.74, 6) is -0.668. The van der Waals surface area contributed by atoms with Gasteiger partial charge in [0.2, 0.25) is 5.91 Å². The molecule has 0 bridgehead atoms. The molecule has 5 heteroatoms. The maximum absolute atomic E-state index is 13.8. The number of benzene rings is 2. The van der Waals surface area contributed by atoms with E-state index in [1.165, 1.54) is 11.6 Å². The zero-order valence-electron chi connectivity index (χ0n) is 14.5. The number of nitrogens with two attached hydrogens (primary N) is 1. The highest BCUT2D eigenvalue weighted by atomic mass is 19.1. The first-order valence-electron chi connectivity index (χ1n) is 8.59. The van der Waals surface area contributed by atoms with Gasteiger partial charge in [-0.25, -0.2) is 4.39 Å². The zero-order valence-corrected chi connectivity index (χ0v) is 14.5. The van der Waals surface area contributed by atoms with E-state index in [0.29, 0.717) is 24.1 Å². The van der Waals surface area contributed by atoms with E-state index in [2.05, 4.69) is 22.3 Å². The molecule has 0 saturated carbocycles. The number of piperidine rings is 1. The Bertz CT molecular complexity index is 740. The molecule has 2 aromatic rings. The number of hydrogen-bond acceptors (Lipinski definition) is 3. The SMILES string of the molecule is Cc1ccc(NC2(C(N)=O)CCN(Cc3ccccc3)CC2)cc1F. The van der Waals surface area contributed by atoms with Crippen molar-refractivity contribution in [3.8, 4) is 0 Å². The van der Waals surface area contributed by atoms with Crippen molar-refractivity contribution in [2.24, 2.45) is 5.73 Å². The molecule has 0 radical (unpaired) electrons. The Morgan fingerprint density at radius 3 is 2.48 bits per heavy atom. The van der Waals surface area contributed by atoms with Gasteiger partial charge >= 0.3 is 0 Å². The minimum absolute atomic E-state index is 0.286. The summed E-state index contributed by atoms with van der Waals surface area (Å²) < 4.78 is 13.8. The first-order chi connectivity index (χ1) is 12.0. The number of rotatable bonds is 5. The number of carbonyl (C=O) groups excluding carboxylic acids is 1. The molecule has 1 fully saturated rings. The van der Waals surface area contributed by atoms with E-state index in [9.17, 15) is 9.18 Å². The van der Waals surface area contributed by atoms with E-state index in [1.807, 2.05) is 18.2 Å². The van der Waals surface area contributed by atoms with E-state index >= 15 is 0 Å². The fourth-order valence-corrected chi connectivity index (χ4v) is 3.31. The van der Waals surface area contributed by atoms with Crippen LogP contribution < -0.4 is 11.1 Å². The number of halogens is 1. The van der Waals surface area contributed by atoms with Gasteiger partial charge in [0.05, 0.1) is 0 Å². The molecule has 1 aliphatic rings. The highest BCUT2D eigenvalue weighted by Crippen LogP contribution is 2.28. The maximum atomic E-state index is 13.8. The van der Waals surface area contributed by atoms with Crippen LogP contribution in [-0.4, -0.2) is 29.4 Å². The van der Waals surface area contributed by atoms with Crippen LogP contribution in [0.15, 0.2) is 48.5 Å². The van der Waals surface area contributed by atoms with Crippen LogP contribution in [0.5, 0.6) is 0 Å². The molecule has 0 spiro atoms. The molecular weight excluding hydrogens is 317 g/mol. The van der Waals surface area contributed by atoms with Crippen LogP contribution in [0, 0.1) is 12.7 Å². The Balaban J connectivity index is 1.68. The Morgan fingerprint density at radius 1 is 1.20 bits per heavy atom. The van der Waals surface area contributed by atoms with Crippen molar-refractivity contribution in [2.45, 2.75) is 31.8 Å². The van der Waals surface area contributed by atoms with E-state index < -0.39 is 5.54 Å². The number of amides is 1. The first kappa shape index (κ1) is 17.4. The summed E-state index contributed by atoms with van der Waals surface area (Å²) in [6.45, 7) is 4.10. The smallest absolute Gasteiger partial charge is 0.243 e. The van der Waals surface area contributed by atoms with Gasteiger partial charge in [-0.1, -0.05) is 36.4 Å². The molecule has 1 saturated heterocycles. The van der Waals surface area contributed by atoms with Crippen molar-refractivity contribution in [2.75, 3.05) is 18.4 Å². The lowest BCUT2D eigenvalue weighted by Gasteiger charge is -2.40. The predicted molar refractivity (Wildman–Crippen MR) is 97.6 cm³/mol. The molecule has 0 unspecified atom stereocenters. The fraction of sp³-hybridized carbons (Fsp3) is 0.350. The zero-order chi connectivity index (χ0) is 17.9. The summed E-state index contributed by atoms with van der Waals surface area (Å²) in [4.78, 5) is 14.5. The Kier molecular flexibility index (Phi) is 5.04. The van der Waals surface area contributed by atoms with Crippen LogP contribution >= 0.6 is 0 Å². The van der Waals surface area contributed by atoms with Crippen molar-refractivity contribution in [1.82, 2.24) is 4.90 Å². The van der Waals surface area contributed by atoms with Crippen LogP contribution in [0.1, 0.15) is 24.0 Å². The minimum Gasteiger partial charge on any atom is -0.371 e. The van der Waals surface area contributed by atoms with Crippen molar-refractivity contribution < 1.29 is 9.18 Å². The van der Waals surface area contributed by atoms with Gasteiger partial charge in [0, 0.05) is 25.3 Å². The van der Waals surface area contributed by atoms with E-state index in [1.54, 1.807) is 19.1 Å². The monoisotopic (exact) mass is 341 g/mol. The second-order valence-electron chi connectivity index (χ2n) is 6.80. The number of likely N-dealkylation sites (tertiary alicyclic amines) is 1. The number of primary amides is 1. The minimum atomic E-state index is -0.825. The fourth-order valence-electron chi connectivity index (χ4n) is 3.31. The standard InChI is InChI=1S/C20H24FN3O/c1-15-7-8-17(13-18(15)21)23-20(19(22)25)9-11-24(12-10-20)14-16-5-3-2-4-6-16/h2-8,13,23H,9-12,14H2,1H3,(H2,22,25). The van der Waals surface area contributed by atoms with Gasteiger partial charge in [0.15, 0.2) is 0 Å². The number of hydrogen-bond donors (Lipinski definition) is 2. The summed E-state index contributed by atoms with van der Waals surface area (Å²) in [5, 5.41) is 3.21. The summed E-state index contributed by atoms with van der Waals surface area (Å²) >= 11 is 0. The number of carbonyl (C=O) groups is 1. The highest BCUT2D eigenvalue weighted by Gasteiger charge is 2.39. The molecule has 25 heavy (non-hydrogen) atoms. The molecule has 0 atom stereocenters. The predicted octanol–water partition coefficient (Wildman–Crippen LogP) is 3.07. The van der Waals surface area contributed by atoms with Crippen LogP contribution in [-0.2, 0) is 11.3 Å². The molecule has 1 heterocycles. The van der Waals surface area contributed by atoms with Crippen LogP contribution in [0.3, 0.4) is 0 Å². The molecule has 1 amide bonds. The number of nitrogens with one attached hydrogen (secondary N) is 1. The molecule has 3 rings (SSSR count). The summed E-state index contributed by atoms with van der Waals surface area (Å²) in [7, 11) is 0. The second-order valence-corrected chi connectivity index (χ2v) is 6.80. The lowest BCUT2D eigenvalue weighted by Crippen LogP contribution is -2.57. The third-order valence-electron chi connectivity index (χ3n) is 4.99. The van der Waals surface area contributed by atoms with Gasteiger partial charge in [0.1, 0.15) is 11.4 Å².